The van der Waals surface area contributed by atoms with Crippen molar-refractivity contribution < 1.29 is 0 Å². The number of anilines is 1. The number of nitrogens with two attached hydrogens (primary N) is 1. The lowest BCUT2D eigenvalue weighted by molar-refractivity contribution is 0.170. The SMILES string of the molecule is CC1CN(c2c(Cl)cccc2CCN)CC(C)N1C. The molecule has 1 aliphatic heterocycles. The second-order valence-corrected chi connectivity index (χ2v) is 5.96. The van der Waals surface area contributed by atoms with Gasteiger partial charge in [0.1, 0.15) is 0 Å². The van der Waals surface area contributed by atoms with Crippen molar-refractivity contribution in [2.45, 2.75) is 32.4 Å². The minimum absolute atomic E-state index is 0.533. The average molecular weight is 282 g/mol. The van der Waals surface area contributed by atoms with Gasteiger partial charge < -0.3 is 10.6 Å². The Morgan fingerprint density at radius 2 is 1.89 bits per heavy atom. The highest BCUT2D eigenvalue weighted by molar-refractivity contribution is 6.33. The summed E-state index contributed by atoms with van der Waals surface area (Å²) in [7, 11) is 2.19. The first kappa shape index (κ1) is 14.6. The van der Waals surface area contributed by atoms with Crippen molar-refractivity contribution in [3.05, 3.63) is 28.8 Å². The van der Waals surface area contributed by atoms with E-state index in [9.17, 15) is 0 Å². The van der Waals surface area contributed by atoms with Gasteiger partial charge in [-0.1, -0.05) is 23.7 Å². The molecule has 0 bridgehead atoms. The highest BCUT2D eigenvalue weighted by atomic mass is 35.5. The predicted octanol–water partition coefficient (Wildman–Crippen LogP) is 2.37. The maximum atomic E-state index is 6.43. The van der Waals surface area contributed by atoms with Gasteiger partial charge in [-0.15, -0.1) is 0 Å². The molecular formula is C15H24ClN3. The standard InChI is InChI=1S/C15H24ClN3/c1-11-9-19(10-12(2)18(11)3)15-13(7-8-17)5-4-6-14(15)16/h4-6,11-12H,7-10,17H2,1-3H3. The van der Waals surface area contributed by atoms with E-state index in [1.807, 2.05) is 12.1 Å². The van der Waals surface area contributed by atoms with Gasteiger partial charge >= 0.3 is 0 Å². The maximum Gasteiger partial charge on any atom is 0.0642 e. The summed E-state index contributed by atoms with van der Waals surface area (Å²) in [6.07, 6.45) is 0.880. The van der Waals surface area contributed by atoms with Crippen LogP contribution in [0.4, 0.5) is 5.69 Å². The Labute approximate surface area is 121 Å². The van der Waals surface area contributed by atoms with Crippen LogP contribution >= 0.6 is 11.6 Å². The molecule has 0 saturated carbocycles. The molecule has 1 aromatic rings. The van der Waals surface area contributed by atoms with Crippen LogP contribution in [0.25, 0.3) is 0 Å². The molecule has 2 unspecified atom stereocenters. The topological polar surface area (TPSA) is 32.5 Å². The lowest BCUT2D eigenvalue weighted by Gasteiger charge is -2.44. The van der Waals surface area contributed by atoms with Crippen LogP contribution in [0.5, 0.6) is 0 Å². The van der Waals surface area contributed by atoms with Gasteiger partial charge in [0, 0.05) is 25.2 Å². The molecule has 0 amide bonds. The fourth-order valence-corrected chi connectivity index (χ4v) is 3.17. The molecule has 0 spiro atoms. The Bertz CT molecular complexity index is 423. The quantitative estimate of drug-likeness (QED) is 0.923. The number of hydrogen-bond acceptors (Lipinski definition) is 3. The highest BCUT2D eigenvalue weighted by Crippen LogP contribution is 2.32. The minimum Gasteiger partial charge on any atom is -0.367 e. The summed E-state index contributed by atoms with van der Waals surface area (Å²) in [6, 6.07) is 7.20. The molecule has 0 aliphatic carbocycles. The van der Waals surface area contributed by atoms with Gasteiger partial charge in [-0.3, -0.25) is 4.90 Å². The van der Waals surface area contributed by atoms with Crippen molar-refractivity contribution in [1.82, 2.24) is 4.90 Å². The molecule has 4 heteroatoms. The van der Waals surface area contributed by atoms with Crippen LogP contribution in [0.1, 0.15) is 19.4 Å². The third-order valence-corrected chi connectivity index (χ3v) is 4.46. The predicted molar refractivity (Wildman–Crippen MR) is 83.1 cm³/mol. The number of rotatable bonds is 3. The summed E-state index contributed by atoms with van der Waals surface area (Å²) in [4.78, 5) is 4.85. The Hall–Kier alpha value is -0.770. The zero-order valence-corrected chi connectivity index (χ0v) is 12.8. The second kappa shape index (κ2) is 6.12. The third kappa shape index (κ3) is 3.04. The van der Waals surface area contributed by atoms with Gasteiger partial charge in [0.15, 0.2) is 0 Å². The summed E-state index contributed by atoms with van der Waals surface area (Å²) < 4.78 is 0. The number of hydrogen-bond donors (Lipinski definition) is 1. The van der Waals surface area contributed by atoms with Crippen LogP contribution < -0.4 is 10.6 Å². The number of halogens is 1. The fourth-order valence-electron chi connectivity index (χ4n) is 2.86. The molecule has 0 aromatic heterocycles. The molecule has 1 saturated heterocycles. The van der Waals surface area contributed by atoms with E-state index in [0.29, 0.717) is 18.6 Å². The number of para-hydroxylation sites is 1. The Morgan fingerprint density at radius 3 is 2.47 bits per heavy atom. The van der Waals surface area contributed by atoms with Crippen LogP contribution in [0, 0.1) is 0 Å². The second-order valence-electron chi connectivity index (χ2n) is 5.55. The van der Waals surface area contributed by atoms with Gasteiger partial charge in [-0.05, 0) is 45.5 Å². The first-order valence-electron chi connectivity index (χ1n) is 6.99. The molecule has 0 radical (unpaired) electrons. The van der Waals surface area contributed by atoms with Crippen molar-refractivity contribution in [3.63, 3.8) is 0 Å². The van der Waals surface area contributed by atoms with Gasteiger partial charge in [0.2, 0.25) is 0 Å². The summed E-state index contributed by atoms with van der Waals surface area (Å²) in [5.74, 6) is 0. The van der Waals surface area contributed by atoms with Crippen molar-refractivity contribution >= 4 is 17.3 Å². The monoisotopic (exact) mass is 281 g/mol. The maximum absolute atomic E-state index is 6.43. The van der Waals surface area contributed by atoms with Crippen molar-refractivity contribution in [3.8, 4) is 0 Å². The van der Waals surface area contributed by atoms with Crippen LogP contribution in [0.2, 0.25) is 5.02 Å². The van der Waals surface area contributed by atoms with E-state index in [-0.39, 0.29) is 0 Å². The zero-order chi connectivity index (χ0) is 14.0. The molecule has 1 heterocycles. The zero-order valence-electron chi connectivity index (χ0n) is 12.1. The number of piperazine rings is 1. The summed E-state index contributed by atoms with van der Waals surface area (Å²) in [6.45, 7) is 7.22. The molecule has 1 fully saturated rings. The number of nitrogens with zero attached hydrogens (tertiary/aromatic N) is 2. The summed E-state index contributed by atoms with van der Waals surface area (Å²) in [5, 5.41) is 0.843. The van der Waals surface area contributed by atoms with Crippen LogP contribution in [-0.4, -0.2) is 43.7 Å². The highest BCUT2D eigenvalue weighted by Gasteiger charge is 2.28. The van der Waals surface area contributed by atoms with Gasteiger partial charge in [0.05, 0.1) is 10.7 Å². The Morgan fingerprint density at radius 1 is 1.26 bits per heavy atom. The van der Waals surface area contributed by atoms with Crippen molar-refractivity contribution in [2.75, 3.05) is 31.6 Å². The van der Waals surface area contributed by atoms with Crippen LogP contribution in [0.3, 0.4) is 0 Å². The van der Waals surface area contributed by atoms with Crippen molar-refractivity contribution in [1.29, 1.82) is 0 Å². The van der Waals surface area contributed by atoms with E-state index in [1.165, 1.54) is 11.3 Å². The molecule has 106 valence electrons. The number of likely N-dealkylation sites (N-methyl/N-ethyl adjacent to an activating group) is 1. The van der Waals surface area contributed by atoms with Gasteiger partial charge in [-0.2, -0.15) is 0 Å². The Kier molecular flexibility index (Phi) is 4.71. The first-order chi connectivity index (χ1) is 9.04. The minimum atomic E-state index is 0.533. The summed E-state index contributed by atoms with van der Waals surface area (Å²) in [5.41, 5.74) is 8.16. The molecule has 1 aromatic carbocycles. The largest absolute Gasteiger partial charge is 0.367 e. The molecule has 19 heavy (non-hydrogen) atoms. The smallest absolute Gasteiger partial charge is 0.0642 e. The molecule has 2 N–H and O–H groups in total. The molecule has 3 nitrogen and oxygen atoms in total. The Balaban J connectivity index is 2.31. The van der Waals surface area contributed by atoms with E-state index in [4.69, 9.17) is 17.3 Å². The van der Waals surface area contributed by atoms with Crippen molar-refractivity contribution in [2.24, 2.45) is 5.73 Å². The average Bonchev–Trinajstić information content (AvgIpc) is 2.36. The van der Waals surface area contributed by atoms with Gasteiger partial charge in [0.25, 0.3) is 0 Å². The van der Waals surface area contributed by atoms with Gasteiger partial charge in [-0.25, -0.2) is 0 Å². The third-order valence-electron chi connectivity index (χ3n) is 4.16. The van der Waals surface area contributed by atoms with E-state index < -0.39 is 0 Å². The lowest BCUT2D eigenvalue weighted by Crippen LogP contribution is -2.55. The van der Waals surface area contributed by atoms with E-state index in [0.717, 1.165) is 24.5 Å². The van der Waals surface area contributed by atoms with Crippen LogP contribution in [-0.2, 0) is 6.42 Å². The lowest BCUT2D eigenvalue weighted by atomic mass is 10.0. The first-order valence-corrected chi connectivity index (χ1v) is 7.36. The van der Waals surface area contributed by atoms with E-state index in [2.05, 4.69) is 36.8 Å². The molecule has 2 atom stereocenters. The van der Waals surface area contributed by atoms with Crippen LogP contribution in [0.15, 0.2) is 18.2 Å². The molecule has 2 rings (SSSR count). The normalized spacial score (nSPS) is 24.8. The number of benzene rings is 1. The molecular weight excluding hydrogens is 258 g/mol. The van der Waals surface area contributed by atoms with E-state index in [1.54, 1.807) is 0 Å². The van der Waals surface area contributed by atoms with E-state index >= 15 is 0 Å². The summed E-state index contributed by atoms with van der Waals surface area (Å²) >= 11 is 6.43. The fraction of sp³-hybridized carbons (Fsp3) is 0.600. The molecule has 1 aliphatic rings.